The average Bonchev–Trinajstić information content (AvgIpc) is 2.68. The van der Waals surface area contributed by atoms with E-state index in [9.17, 15) is 4.79 Å². The number of carboxylic acid groups (broad SMARTS) is 1. The Morgan fingerprint density at radius 3 is 2.94 bits per heavy atom. The van der Waals surface area contributed by atoms with Gasteiger partial charge in [-0.15, -0.1) is 12.4 Å². The number of nitrogens with zero attached hydrogens (tertiary/aromatic N) is 1. The molecule has 1 aromatic rings. The van der Waals surface area contributed by atoms with E-state index < -0.39 is 5.97 Å². The molecule has 5 heteroatoms. The summed E-state index contributed by atoms with van der Waals surface area (Å²) >= 11 is 0. The van der Waals surface area contributed by atoms with Crippen LogP contribution in [0.15, 0.2) is 18.2 Å². The molecule has 0 spiro atoms. The van der Waals surface area contributed by atoms with E-state index in [0.717, 1.165) is 24.4 Å². The van der Waals surface area contributed by atoms with Crippen LogP contribution in [0.5, 0.6) is 5.75 Å². The van der Waals surface area contributed by atoms with Crippen LogP contribution in [-0.4, -0.2) is 31.3 Å². The fourth-order valence-electron chi connectivity index (χ4n) is 2.04. The van der Waals surface area contributed by atoms with E-state index in [4.69, 9.17) is 9.84 Å². The molecule has 2 rings (SSSR count). The highest BCUT2D eigenvalue weighted by atomic mass is 35.5. The number of halogens is 1. The van der Waals surface area contributed by atoms with Crippen molar-refractivity contribution in [2.75, 3.05) is 25.1 Å². The third-order valence-electron chi connectivity index (χ3n) is 2.87. The molecule has 0 saturated heterocycles. The molecule has 0 radical (unpaired) electrons. The summed E-state index contributed by atoms with van der Waals surface area (Å²) in [6.07, 6.45) is 1.15. The van der Waals surface area contributed by atoms with Crippen molar-refractivity contribution in [1.82, 2.24) is 0 Å². The lowest BCUT2D eigenvalue weighted by molar-refractivity contribution is -0.136. The van der Waals surface area contributed by atoms with Gasteiger partial charge in [0.15, 0.2) is 0 Å². The molecule has 1 heterocycles. The number of rotatable bonds is 4. The molecule has 0 fully saturated rings. The maximum absolute atomic E-state index is 10.5. The summed E-state index contributed by atoms with van der Waals surface area (Å²) in [7, 11) is 1.65. The van der Waals surface area contributed by atoms with Crippen LogP contribution in [0.3, 0.4) is 0 Å². The van der Waals surface area contributed by atoms with Gasteiger partial charge in [0.1, 0.15) is 5.75 Å². The Morgan fingerprint density at radius 1 is 1.53 bits per heavy atom. The number of aliphatic carboxylic acids is 1. The van der Waals surface area contributed by atoms with E-state index in [-0.39, 0.29) is 18.8 Å². The highest BCUT2D eigenvalue weighted by molar-refractivity contribution is 5.85. The number of hydrogen-bond donors (Lipinski definition) is 1. The van der Waals surface area contributed by atoms with Crippen molar-refractivity contribution >= 4 is 24.1 Å². The van der Waals surface area contributed by atoms with E-state index in [1.807, 2.05) is 18.2 Å². The van der Waals surface area contributed by atoms with Gasteiger partial charge in [0.25, 0.3) is 0 Å². The predicted octanol–water partition coefficient (Wildman–Crippen LogP) is 1.95. The number of benzene rings is 1. The first-order valence-corrected chi connectivity index (χ1v) is 5.34. The second kappa shape index (κ2) is 5.77. The molecule has 1 aromatic carbocycles. The minimum Gasteiger partial charge on any atom is -0.497 e. The Kier molecular flexibility index (Phi) is 4.63. The van der Waals surface area contributed by atoms with Gasteiger partial charge in [-0.2, -0.15) is 0 Å². The fourth-order valence-corrected chi connectivity index (χ4v) is 2.04. The lowest BCUT2D eigenvalue weighted by Crippen LogP contribution is -2.23. The van der Waals surface area contributed by atoms with Gasteiger partial charge >= 0.3 is 5.97 Å². The van der Waals surface area contributed by atoms with Crippen molar-refractivity contribution in [3.05, 3.63) is 23.8 Å². The van der Waals surface area contributed by atoms with Crippen LogP contribution in [-0.2, 0) is 11.2 Å². The molecule has 4 nitrogen and oxygen atoms in total. The average molecular weight is 258 g/mol. The van der Waals surface area contributed by atoms with Crippen LogP contribution in [0.2, 0.25) is 0 Å². The molecule has 94 valence electrons. The SMILES string of the molecule is COc1ccc2c(c1)CCN2CCC(=O)O.Cl. The standard InChI is InChI=1S/C12H15NO3.ClH/c1-16-10-2-3-11-9(8-10)4-6-13(11)7-5-12(14)15;/h2-3,8H,4-7H2,1H3,(H,14,15);1H. The maximum Gasteiger partial charge on any atom is 0.305 e. The summed E-state index contributed by atoms with van der Waals surface area (Å²) < 4.78 is 5.16. The van der Waals surface area contributed by atoms with Crippen LogP contribution in [0.1, 0.15) is 12.0 Å². The Balaban J connectivity index is 0.00000144. The summed E-state index contributed by atoms with van der Waals surface area (Å²) in [6, 6.07) is 5.94. The number of ether oxygens (including phenoxy) is 1. The number of anilines is 1. The molecule has 0 saturated carbocycles. The third kappa shape index (κ3) is 3.03. The number of methoxy groups -OCH3 is 1. The van der Waals surface area contributed by atoms with Gasteiger partial charge in [0, 0.05) is 18.8 Å². The summed E-state index contributed by atoms with van der Waals surface area (Å²) in [5.74, 6) is 0.112. The molecule has 0 aromatic heterocycles. The molecule has 17 heavy (non-hydrogen) atoms. The van der Waals surface area contributed by atoms with Gasteiger partial charge in [-0.1, -0.05) is 0 Å². The van der Waals surface area contributed by atoms with E-state index in [2.05, 4.69) is 4.90 Å². The first kappa shape index (κ1) is 13.6. The highest BCUT2D eigenvalue weighted by Crippen LogP contribution is 2.31. The van der Waals surface area contributed by atoms with Gasteiger partial charge in [-0.25, -0.2) is 0 Å². The zero-order chi connectivity index (χ0) is 11.5. The summed E-state index contributed by atoms with van der Waals surface area (Å²) in [4.78, 5) is 12.6. The maximum atomic E-state index is 10.5. The van der Waals surface area contributed by atoms with E-state index in [1.165, 1.54) is 5.56 Å². The van der Waals surface area contributed by atoms with Gasteiger partial charge < -0.3 is 14.7 Å². The highest BCUT2D eigenvalue weighted by Gasteiger charge is 2.19. The third-order valence-corrected chi connectivity index (χ3v) is 2.87. The molecule has 0 aliphatic carbocycles. The van der Waals surface area contributed by atoms with Crippen LogP contribution in [0.25, 0.3) is 0 Å². The summed E-state index contributed by atoms with van der Waals surface area (Å²) in [6.45, 7) is 1.48. The quantitative estimate of drug-likeness (QED) is 0.896. The van der Waals surface area contributed by atoms with Crippen molar-refractivity contribution < 1.29 is 14.6 Å². The number of hydrogen-bond acceptors (Lipinski definition) is 3. The van der Waals surface area contributed by atoms with Crippen LogP contribution >= 0.6 is 12.4 Å². The zero-order valence-electron chi connectivity index (χ0n) is 9.68. The summed E-state index contributed by atoms with van der Waals surface area (Å²) in [5.41, 5.74) is 2.38. The fraction of sp³-hybridized carbons (Fsp3) is 0.417. The van der Waals surface area contributed by atoms with Crippen molar-refractivity contribution in [2.24, 2.45) is 0 Å². The second-order valence-corrected chi connectivity index (χ2v) is 3.88. The molecule has 1 aliphatic rings. The molecule has 0 bridgehead atoms. The van der Waals surface area contributed by atoms with Crippen molar-refractivity contribution in [3.8, 4) is 5.75 Å². The van der Waals surface area contributed by atoms with E-state index >= 15 is 0 Å². The minimum absolute atomic E-state index is 0. The Bertz CT molecular complexity index is 409. The molecule has 0 unspecified atom stereocenters. The van der Waals surface area contributed by atoms with Crippen molar-refractivity contribution in [3.63, 3.8) is 0 Å². The molecular weight excluding hydrogens is 242 g/mol. The second-order valence-electron chi connectivity index (χ2n) is 3.88. The number of carboxylic acids is 1. The van der Waals surface area contributed by atoms with E-state index in [1.54, 1.807) is 7.11 Å². The molecule has 1 aliphatic heterocycles. The Hall–Kier alpha value is -1.42. The number of fused-ring (bicyclic) bond motifs is 1. The monoisotopic (exact) mass is 257 g/mol. The lowest BCUT2D eigenvalue weighted by Gasteiger charge is -2.18. The number of carbonyl (C=O) groups is 1. The Morgan fingerprint density at radius 2 is 2.29 bits per heavy atom. The van der Waals surface area contributed by atoms with Crippen LogP contribution in [0, 0.1) is 0 Å². The molecule has 0 atom stereocenters. The smallest absolute Gasteiger partial charge is 0.305 e. The largest absolute Gasteiger partial charge is 0.497 e. The predicted molar refractivity (Wildman–Crippen MR) is 68.4 cm³/mol. The van der Waals surface area contributed by atoms with Gasteiger partial charge in [0.05, 0.1) is 13.5 Å². The molecular formula is C12H16ClNO3. The van der Waals surface area contributed by atoms with Gasteiger partial charge in [-0.05, 0) is 30.2 Å². The summed E-state index contributed by atoms with van der Waals surface area (Å²) in [5, 5.41) is 8.66. The lowest BCUT2D eigenvalue weighted by atomic mass is 10.1. The van der Waals surface area contributed by atoms with E-state index in [0.29, 0.717) is 6.54 Å². The molecule has 0 amide bonds. The van der Waals surface area contributed by atoms with Gasteiger partial charge in [-0.3, -0.25) is 4.79 Å². The zero-order valence-corrected chi connectivity index (χ0v) is 10.5. The van der Waals surface area contributed by atoms with Crippen LogP contribution in [0.4, 0.5) is 5.69 Å². The first-order valence-electron chi connectivity index (χ1n) is 5.34. The van der Waals surface area contributed by atoms with Crippen molar-refractivity contribution in [2.45, 2.75) is 12.8 Å². The molecule has 1 N–H and O–H groups in total. The topological polar surface area (TPSA) is 49.8 Å². The Labute approximate surface area is 107 Å². The first-order chi connectivity index (χ1) is 7.70. The van der Waals surface area contributed by atoms with Gasteiger partial charge in [0.2, 0.25) is 0 Å². The van der Waals surface area contributed by atoms with Crippen LogP contribution < -0.4 is 9.64 Å². The van der Waals surface area contributed by atoms with Crippen molar-refractivity contribution in [1.29, 1.82) is 0 Å². The minimum atomic E-state index is -0.748. The normalized spacial score (nSPS) is 12.9.